The second-order valence-corrected chi connectivity index (χ2v) is 5.26. The van der Waals surface area contributed by atoms with Gasteiger partial charge in [0.05, 0.1) is 5.52 Å². The molecule has 18 heavy (non-hydrogen) atoms. The first-order chi connectivity index (χ1) is 8.92. The third kappa shape index (κ3) is 1.39. The Morgan fingerprint density at radius 3 is 3.00 bits per heavy atom. The predicted octanol–water partition coefficient (Wildman–Crippen LogP) is 4.65. The van der Waals surface area contributed by atoms with E-state index in [0.717, 1.165) is 0 Å². The molecule has 85 valence electrons. The fraction of sp³-hybridized carbons (Fsp3) is 0. The summed E-state index contributed by atoms with van der Waals surface area (Å²) < 4.78 is 3.56. The molecule has 0 unspecified atom stereocenters. The van der Waals surface area contributed by atoms with Gasteiger partial charge in [0.25, 0.3) is 0 Å². The number of aromatic nitrogens is 1. The molecule has 2 heterocycles. The molecule has 0 atom stereocenters. The smallest absolute Gasteiger partial charge is 0.0528 e. The summed E-state index contributed by atoms with van der Waals surface area (Å²) in [6.07, 6.45) is 2.12. The highest BCUT2D eigenvalue weighted by Gasteiger charge is 2.03. The molecule has 2 heteroatoms. The fourth-order valence-corrected chi connectivity index (χ4v) is 3.12. The number of rotatable bonds is 1. The lowest BCUT2D eigenvalue weighted by Gasteiger charge is -2.05. The minimum absolute atomic E-state index is 1.21. The summed E-state index contributed by atoms with van der Waals surface area (Å²) in [7, 11) is 0. The van der Waals surface area contributed by atoms with Gasteiger partial charge in [0.15, 0.2) is 0 Å². The van der Waals surface area contributed by atoms with E-state index in [9.17, 15) is 0 Å². The van der Waals surface area contributed by atoms with Gasteiger partial charge in [-0.1, -0.05) is 6.07 Å². The Labute approximate surface area is 109 Å². The summed E-state index contributed by atoms with van der Waals surface area (Å²) in [5.41, 5.74) is 2.44. The summed E-state index contributed by atoms with van der Waals surface area (Å²) in [4.78, 5) is 0. The molecule has 2 aromatic heterocycles. The Morgan fingerprint density at radius 2 is 2.00 bits per heavy atom. The van der Waals surface area contributed by atoms with Gasteiger partial charge in [0.2, 0.25) is 0 Å². The van der Waals surface area contributed by atoms with Gasteiger partial charge < -0.3 is 4.57 Å². The van der Waals surface area contributed by atoms with E-state index in [1.54, 1.807) is 11.3 Å². The first-order valence-electron chi connectivity index (χ1n) is 5.87. The van der Waals surface area contributed by atoms with Crippen LogP contribution in [-0.4, -0.2) is 4.57 Å². The monoisotopic (exact) mass is 248 g/mol. The van der Waals surface area contributed by atoms with E-state index in [-0.39, 0.29) is 0 Å². The van der Waals surface area contributed by atoms with E-state index in [2.05, 4.69) is 58.6 Å². The molecule has 4 rings (SSSR count). The van der Waals surface area contributed by atoms with E-state index < -0.39 is 0 Å². The average molecular weight is 248 g/mol. The van der Waals surface area contributed by atoms with Gasteiger partial charge in [-0.15, -0.1) is 11.3 Å². The van der Waals surface area contributed by atoms with Crippen molar-refractivity contribution in [2.75, 3.05) is 0 Å². The van der Waals surface area contributed by atoms with Crippen LogP contribution in [0.2, 0.25) is 0 Å². The lowest BCUT2D eigenvalue weighted by atomic mass is 10.2. The van der Waals surface area contributed by atoms with Crippen LogP contribution in [0, 0.1) is 6.07 Å². The van der Waals surface area contributed by atoms with Gasteiger partial charge in [-0.25, -0.2) is 0 Å². The average Bonchev–Trinajstić information content (AvgIpc) is 3.04. The second-order valence-electron chi connectivity index (χ2n) is 4.31. The topological polar surface area (TPSA) is 4.93 Å². The van der Waals surface area contributed by atoms with Gasteiger partial charge in [0.1, 0.15) is 0 Å². The van der Waals surface area contributed by atoms with Gasteiger partial charge in [-0.2, -0.15) is 0 Å². The highest BCUT2D eigenvalue weighted by molar-refractivity contribution is 7.17. The molecular weight excluding hydrogens is 238 g/mol. The van der Waals surface area contributed by atoms with Crippen LogP contribution < -0.4 is 0 Å². The van der Waals surface area contributed by atoms with Crippen LogP contribution >= 0.6 is 11.3 Å². The highest BCUT2D eigenvalue weighted by atomic mass is 32.1. The molecule has 0 fully saturated rings. The summed E-state index contributed by atoms with van der Waals surface area (Å²) in [5.74, 6) is 0. The third-order valence-electron chi connectivity index (χ3n) is 3.25. The first kappa shape index (κ1) is 9.92. The first-order valence-corrected chi connectivity index (χ1v) is 6.74. The third-order valence-corrected chi connectivity index (χ3v) is 4.15. The van der Waals surface area contributed by atoms with Crippen LogP contribution in [0.15, 0.2) is 60.1 Å². The van der Waals surface area contributed by atoms with Gasteiger partial charge >= 0.3 is 0 Å². The van der Waals surface area contributed by atoms with Crippen molar-refractivity contribution in [2.45, 2.75) is 0 Å². The van der Waals surface area contributed by atoms with Crippen LogP contribution in [0.1, 0.15) is 0 Å². The van der Waals surface area contributed by atoms with E-state index in [0.29, 0.717) is 0 Å². The molecule has 0 saturated heterocycles. The lowest BCUT2D eigenvalue weighted by molar-refractivity contribution is 1.13. The maximum atomic E-state index is 3.11. The molecule has 1 nitrogen and oxygen atoms in total. The largest absolute Gasteiger partial charge is 0.317 e. The molecule has 0 aliphatic carbocycles. The number of thiophene rings is 1. The van der Waals surface area contributed by atoms with Crippen LogP contribution in [0.5, 0.6) is 0 Å². The minimum atomic E-state index is 1.21. The van der Waals surface area contributed by atoms with Crippen molar-refractivity contribution >= 4 is 32.3 Å². The maximum Gasteiger partial charge on any atom is 0.0528 e. The van der Waals surface area contributed by atoms with Crippen molar-refractivity contribution < 1.29 is 0 Å². The standard InChI is InChI=1S/C16H10NS/c1-2-4-15-12(3-1)7-9-17(15)14-5-6-16-13(11-14)8-10-18-16/h2-11H. The molecule has 0 saturated carbocycles. The Bertz CT molecular complexity index is 838. The summed E-state index contributed by atoms with van der Waals surface area (Å²) in [6.45, 7) is 0. The Balaban J connectivity index is 2.00. The van der Waals surface area contributed by atoms with Crippen molar-refractivity contribution in [1.29, 1.82) is 0 Å². The Kier molecular flexibility index (Phi) is 2.05. The Morgan fingerprint density at radius 1 is 1.00 bits per heavy atom. The van der Waals surface area contributed by atoms with E-state index in [1.807, 2.05) is 12.1 Å². The summed E-state index contributed by atoms with van der Waals surface area (Å²) in [5, 5.41) is 4.67. The number of hydrogen-bond donors (Lipinski definition) is 0. The van der Waals surface area contributed by atoms with Gasteiger partial charge in [0, 0.05) is 22.0 Å². The molecule has 0 aliphatic heterocycles. The van der Waals surface area contributed by atoms with Crippen molar-refractivity contribution in [2.24, 2.45) is 0 Å². The molecule has 0 bridgehead atoms. The maximum absolute atomic E-state index is 3.11. The van der Waals surface area contributed by atoms with Crippen molar-refractivity contribution in [3.05, 3.63) is 66.2 Å². The van der Waals surface area contributed by atoms with Gasteiger partial charge in [-0.3, -0.25) is 0 Å². The summed E-state index contributed by atoms with van der Waals surface area (Å²) >= 11 is 1.78. The molecule has 1 radical (unpaired) electrons. The van der Waals surface area contributed by atoms with Crippen LogP contribution in [0.3, 0.4) is 0 Å². The molecule has 4 aromatic rings. The fourth-order valence-electron chi connectivity index (χ4n) is 2.35. The zero-order chi connectivity index (χ0) is 11.9. The molecular formula is C16H10NS. The number of benzene rings is 2. The SMILES string of the molecule is [c]1ccc2c(c1)ccn2-c1ccc2sccc2c1. The van der Waals surface area contributed by atoms with Crippen LogP contribution in [0.4, 0.5) is 0 Å². The molecule has 2 aromatic carbocycles. The molecule has 0 N–H and O–H groups in total. The van der Waals surface area contributed by atoms with E-state index >= 15 is 0 Å². The zero-order valence-corrected chi connectivity index (χ0v) is 10.4. The van der Waals surface area contributed by atoms with Crippen molar-refractivity contribution in [3.8, 4) is 5.69 Å². The Hall–Kier alpha value is -2.06. The molecule has 0 amide bonds. The minimum Gasteiger partial charge on any atom is -0.317 e. The normalized spacial score (nSPS) is 11.3. The quantitative estimate of drug-likeness (QED) is 0.462. The van der Waals surface area contributed by atoms with E-state index in [1.165, 1.54) is 26.7 Å². The van der Waals surface area contributed by atoms with Crippen molar-refractivity contribution in [3.63, 3.8) is 0 Å². The number of nitrogens with zero attached hydrogens (tertiary/aromatic N) is 1. The zero-order valence-electron chi connectivity index (χ0n) is 9.63. The number of fused-ring (bicyclic) bond motifs is 2. The highest BCUT2D eigenvalue weighted by Crippen LogP contribution is 2.26. The van der Waals surface area contributed by atoms with Gasteiger partial charge in [-0.05, 0) is 59.3 Å². The van der Waals surface area contributed by atoms with E-state index in [4.69, 9.17) is 0 Å². The van der Waals surface area contributed by atoms with Crippen molar-refractivity contribution in [1.82, 2.24) is 4.57 Å². The molecule has 0 spiro atoms. The van der Waals surface area contributed by atoms with Crippen LogP contribution in [-0.2, 0) is 0 Å². The lowest BCUT2D eigenvalue weighted by Crippen LogP contribution is -1.90. The second kappa shape index (κ2) is 3.72. The molecule has 0 aliphatic rings. The summed E-state index contributed by atoms with van der Waals surface area (Å²) in [6, 6.07) is 20.1. The predicted molar refractivity (Wildman–Crippen MR) is 77.5 cm³/mol. The van der Waals surface area contributed by atoms with Crippen LogP contribution in [0.25, 0.3) is 26.7 Å². The number of hydrogen-bond acceptors (Lipinski definition) is 1.